The summed E-state index contributed by atoms with van der Waals surface area (Å²) >= 11 is 0. The van der Waals surface area contributed by atoms with Crippen LogP contribution in [0.4, 0.5) is 20.3 Å². The average molecular weight is 510 g/mol. The molecule has 1 fully saturated rings. The lowest BCUT2D eigenvalue weighted by Crippen LogP contribution is -2.38. The topological polar surface area (TPSA) is 131 Å². The van der Waals surface area contributed by atoms with Crippen molar-refractivity contribution in [2.75, 3.05) is 43.1 Å². The number of carbonyl (C=O) groups excluding carboxylic acids is 1. The number of carbonyl (C=O) groups is 1. The van der Waals surface area contributed by atoms with Gasteiger partial charge in [0.05, 0.1) is 36.5 Å². The minimum absolute atomic E-state index is 0.0780. The number of hydrogen-bond donors (Lipinski definition) is 3. The predicted octanol–water partition coefficient (Wildman–Crippen LogP) is 2.51. The molecule has 1 amide bonds. The van der Waals surface area contributed by atoms with Gasteiger partial charge in [0.15, 0.2) is 5.82 Å². The number of aromatic nitrogens is 4. The minimum atomic E-state index is -2.83. The smallest absolute Gasteiger partial charge is 0.296 e. The highest BCUT2D eigenvalue weighted by molar-refractivity contribution is 5.95. The summed E-state index contributed by atoms with van der Waals surface area (Å²) in [4.78, 5) is 27.4. The number of halogens is 2. The van der Waals surface area contributed by atoms with Gasteiger partial charge in [0, 0.05) is 30.4 Å². The van der Waals surface area contributed by atoms with E-state index in [-0.39, 0.29) is 5.95 Å². The molecule has 12 heteroatoms. The summed E-state index contributed by atoms with van der Waals surface area (Å²) in [5.41, 5.74) is 8.13. The third-order valence-electron chi connectivity index (χ3n) is 6.00. The average Bonchev–Trinajstić information content (AvgIpc) is 3.33. The largest absolute Gasteiger partial charge is 0.394 e. The van der Waals surface area contributed by atoms with Gasteiger partial charge in [0.1, 0.15) is 11.9 Å². The molecule has 1 aliphatic heterocycles. The minimum Gasteiger partial charge on any atom is -0.394 e. The SMILES string of the molecule is N[C@@H](CO)C(=O)Nc1ccc(-c2cc(N3CCOCC3)nc(-n3c(C(F)F)nc4ccccc43)n2)cc1. The third-order valence-corrected chi connectivity index (χ3v) is 6.00. The van der Waals surface area contributed by atoms with Crippen LogP contribution in [0.15, 0.2) is 54.6 Å². The lowest BCUT2D eigenvalue weighted by Gasteiger charge is -2.28. The number of anilines is 2. The molecule has 1 aliphatic rings. The quantitative estimate of drug-likeness (QED) is 0.346. The standard InChI is InChI=1S/C25H25F2N7O3/c26-22(27)23-30-18-3-1-2-4-20(18)34(23)25-31-19(13-21(32-25)33-9-11-37-12-10-33)15-5-7-16(8-6-15)29-24(36)17(28)14-35/h1-8,13,17,22,35H,9-12,14,28H2,(H,29,36)/t17-/m0/s1. The lowest BCUT2D eigenvalue weighted by atomic mass is 10.1. The van der Waals surface area contributed by atoms with Crippen molar-refractivity contribution in [1.29, 1.82) is 0 Å². The first kappa shape index (κ1) is 24.7. The molecule has 37 heavy (non-hydrogen) atoms. The van der Waals surface area contributed by atoms with Crippen molar-refractivity contribution in [3.63, 3.8) is 0 Å². The number of nitrogens with two attached hydrogens (primary N) is 1. The fourth-order valence-electron chi connectivity index (χ4n) is 4.07. The molecule has 0 unspecified atom stereocenters. The first-order valence-electron chi connectivity index (χ1n) is 11.7. The van der Waals surface area contributed by atoms with Crippen molar-refractivity contribution in [3.8, 4) is 17.2 Å². The molecule has 192 valence electrons. The van der Waals surface area contributed by atoms with Crippen LogP contribution < -0.4 is 16.0 Å². The van der Waals surface area contributed by atoms with E-state index in [1.165, 1.54) is 4.57 Å². The van der Waals surface area contributed by atoms with Gasteiger partial charge in [-0.15, -0.1) is 0 Å². The van der Waals surface area contributed by atoms with Crippen molar-refractivity contribution in [2.24, 2.45) is 5.73 Å². The molecule has 0 saturated carbocycles. The van der Waals surface area contributed by atoms with Gasteiger partial charge in [0.2, 0.25) is 11.9 Å². The molecular weight excluding hydrogens is 484 g/mol. The van der Waals surface area contributed by atoms with E-state index in [4.69, 9.17) is 15.6 Å². The van der Waals surface area contributed by atoms with Crippen molar-refractivity contribution in [2.45, 2.75) is 12.5 Å². The van der Waals surface area contributed by atoms with Gasteiger partial charge in [-0.2, -0.15) is 4.98 Å². The van der Waals surface area contributed by atoms with Crippen LogP contribution in [-0.4, -0.2) is 69.5 Å². The van der Waals surface area contributed by atoms with Crippen LogP contribution in [0.25, 0.3) is 28.2 Å². The normalized spacial score (nSPS) is 14.8. The van der Waals surface area contributed by atoms with E-state index < -0.39 is 30.8 Å². The number of rotatable bonds is 7. The number of hydrogen-bond acceptors (Lipinski definition) is 8. The number of imidazole rings is 1. The maximum atomic E-state index is 14.0. The Morgan fingerprint density at radius 1 is 1.08 bits per heavy atom. The van der Waals surface area contributed by atoms with Gasteiger partial charge < -0.3 is 25.8 Å². The Balaban J connectivity index is 1.59. The summed E-state index contributed by atoms with van der Waals surface area (Å²) in [6.45, 7) is 1.77. The second-order valence-electron chi connectivity index (χ2n) is 8.46. The molecule has 0 aliphatic carbocycles. The van der Waals surface area contributed by atoms with E-state index in [0.717, 1.165) is 0 Å². The van der Waals surface area contributed by atoms with Gasteiger partial charge in [-0.25, -0.2) is 18.7 Å². The predicted molar refractivity (Wildman–Crippen MR) is 134 cm³/mol. The maximum absolute atomic E-state index is 14.0. The molecule has 3 heterocycles. The highest BCUT2D eigenvalue weighted by atomic mass is 19.3. The van der Waals surface area contributed by atoms with Gasteiger partial charge in [0.25, 0.3) is 6.43 Å². The molecule has 0 bridgehead atoms. The number of aliphatic hydroxyl groups excluding tert-OH is 1. The number of fused-ring (bicyclic) bond motifs is 1. The lowest BCUT2D eigenvalue weighted by molar-refractivity contribution is -0.118. The van der Waals surface area contributed by atoms with Crippen LogP contribution >= 0.6 is 0 Å². The van der Waals surface area contributed by atoms with E-state index >= 15 is 0 Å². The molecule has 10 nitrogen and oxygen atoms in total. The number of morpholine rings is 1. The zero-order chi connectivity index (χ0) is 25.9. The van der Waals surface area contributed by atoms with Crippen LogP contribution in [-0.2, 0) is 9.53 Å². The Hall–Kier alpha value is -4.00. The zero-order valence-corrected chi connectivity index (χ0v) is 19.7. The molecule has 4 N–H and O–H groups in total. The molecular formula is C25H25F2N7O3. The Morgan fingerprint density at radius 2 is 1.81 bits per heavy atom. The van der Waals surface area contributed by atoms with E-state index in [1.807, 2.05) is 4.90 Å². The highest BCUT2D eigenvalue weighted by Gasteiger charge is 2.24. The van der Waals surface area contributed by atoms with Crippen molar-refractivity contribution in [3.05, 3.63) is 60.4 Å². The molecule has 1 saturated heterocycles. The molecule has 2 aromatic carbocycles. The van der Waals surface area contributed by atoms with E-state index in [2.05, 4.69) is 20.3 Å². The Labute approximate surface area is 210 Å². The first-order valence-corrected chi connectivity index (χ1v) is 11.7. The number of benzene rings is 2. The van der Waals surface area contributed by atoms with Gasteiger partial charge >= 0.3 is 0 Å². The van der Waals surface area contributed by atoms with E-state index in [0.29, 0.717) is 60.1 Å². The number of nitrogens with one attached hydrogen (secondary N) is 1. The number of amides is 1. The Kier molecular flexibility index (Phi) is 7.04. The Bertz CT molecular complexity index is 1410. The number of aliphatic hydroxyl groups is 1. The molecule has 5 rings (SSSR count). The van der Waals surface area contributed by atoms with Crippen LogP contribution in [0.1, 0.15) is 12.2 Å². The Morgan fingerprint density at radius 3 is 2.51 bits per heavy atom. The maximum Gasteiger partial charge on any atom is 0.296 e. The van der Waals surface area contributed by atoms with E-state index in [9.17, 15) is 13.6 Å². The van der Waals surface area contributed by atoms with Crippen molar-refractivity contribution >= 4 is 28.4 Å². The summed E-state index contributed by atoms with van der Waals surface area (Å²) in [6.07, 6.45) is -2.83. The van der Waals surface area contributed by atoms with E-state index in [1.54, 1.807) is 54.6 Å². The second-order valence-corrected chi connectivity index (χ2v) is 8.46. The van der Waals surface area contributed by atoms with Gasteiger partial charge in [-0.3, -0.25) is 9.36 Å². The molecule has 2 aromatic heterocycles. The van der Waals surface area contributed by atoms with Crippen molar-refractivity contribution in [1.82, 2.24) is 19.5 Å². The summed E-state index contributed by atoms with van der Waals surface area (Å²) in [7, 11) is 0. The summed E-state index contributed by atoms with van der Waals surface area (Å²) < 4.78 is 34.8. The summed E-state index contributed by atoms with van der Waals surface area (Å²) in [5, 5.41) is 11.7. The molecule has 0 radical (unpaired) electrons. The number of para-hydroxylation sites is 2. The van der Waals surface area contributed by atoms with Gasteiger partial charge in [-0.1, -0.05) is 24.3 Å². The van der Waals surface area contributed by atoms with Crippen LogP contribution in [0.2, 0.25) is 0 Å². The van der Waals surface area contributed by atoms with Gasteiger partial charge in [-0.05, 0) is 24.3 Å². The zero-order valence-electron chi connectivity index (χ0n) is 19.7. The number of ether oxygens (including phenoxy) is 1. The number of alkyl halides is 2. The van der Waals surface area contributed by atoms with Crippen LogP contribution in [0.5, 0.6) is 0 Å². The molecule has 1 atom stereocenters. The fourth-order valence-corrected chi connectivity index (χ4v) is 4.07. The summed E-state index contributed by atoms with van der Waals surface area (Å²) in [5.74, 6) is -0.299. The summed E-state index contributed by atoms with van der Waals surface area (Å²) in [6, 6.07) is 14.4. The van der Waals surface area contributed by atoms with Crippen LogP contribution in [0, 0.1) is 0 Å². The third kappa shape index (κ3) is 5.12. The van der Waals surface area contributed by atoms with Crippen LogP contribution in [0.3, 0.4) is 0 Å². The number of nitrogens with zero attached hydrogens (tertiary/aromatic N) is 5. The first-order chi connectivity index (χ1) is 17.9. The monoisotopic (exact) mass is 509 g/mol. The fraction of sp³-hybridized carbons (Fsp3) is 0.280. The highest BCUT2D eigenvalue weighted by Crippen LogP contribution is 2.30. The molecule has 0 spiro atoms. The second kappa shape index (κ2) is 10.5. The molecule has 4 aromatic rings. The van der Waals surface area contributed by atoms with Crippen molar-refractivity contribution < 1.29 is 23.4 Å².